The van der Waals surface area contributed by atoms with E-state index < -0.39 is 0 Å². The van der Waals surface area contributed by atoms with E-state index in [1.54, 1.807) is 0 Å². The Balaban J connectivity index is 0. The van der Waals surface area contributed by atoms with Gasteiger partial charge in [-0.05, 0) is 52.7 Å². The van der Waals surface area contributed by atoms with Gasteiger partial charge in [0.1, 0.15) is 0 Å². The summed E-state index contributed by atoms with van der Waals surface area (Å²) in [5.41, 5.74) is 0. The van der Waals surface area contributed by atoms with Crippen LogP contribution in [0.15, 0.2) is 4.99 Å². The molecular formula is C19H43IN4O. The smallest absolute Gasteiger partial charge is 0.191 e. The highest BCUT2D eigenvalue weighted by atomic mass is 127. The summed E-state index contributed by atoms with van der Waals surface area (Å²) in [6, 6.07) is 0. The van der Waals surface area contributed by atoms with E-state index in [0.717, 1.165) is 45.2 Å². The molecule has 0 fully saturated rings. The first-order valence-corrected chi connectivity index (χ1v) is 9.81. The van der Waals surface area contributed by atoms with Gasteiger partial charge in [0.15, 0.2) is 5.96 Å². The van der Waals surface area contributed by atoms with Crippen LogP contribution in [-0.2, 0) is 4.74 Å². The zero-order valence-electron chi connectivity index (χ0n) is 17.3. The number of unbranched alkanes of at least 4 members (excludes halogenated alkanes) is 4. The van der Waals surface area contributed by atoms with E-state index in [-0.39, 0.29) is 24.0 Å². The largest absolute Gasteiger partial charge is 0.381 e. The minimum absolute atomic E-state index is 0. The molecule has 0 amide bonds. The molecule has 0 atom stereocenters. The van der Waals surface area contributed by atoms with Crippen molar-refractivity contribution in [3.05, 3.63) is 0 Å². The lowest BCUT2D eigenvalue weighted by atomic mass is 10.1. The summed E-state index contributed by atoms with van der Waals surface area (Å²) in [6.07, 6.45) is 7.46. The van der Waals surface area contributed by atoms with E-state index in [1.807, 2.05) is 0 Å². The van der Waals surface area contributed by atoms with Gasteiger partial charge in [-0.2, -0.15) is 0 Å². The Hall–Kier alpha value is -0.0800. The molecule has 0 saturated heterocycles. The third-order valence-corrected chi connectivity index (χ3v) is 3.59. The van der Waals surface area contributed by atoms with Gasteiger partial charge < -0.3 is 20.3 Å². The molecule has 0 aliphatic heterocycles. The fraction of sp³-hybridized carbons (Fsp3) is 0.947. The Morgan fingerprint density at radius 3 is 2.32 bits per heavy atom. The Kier molecular flexibility index (Phi) is 22.0. The van der Waals surface area contributed by atoms with Crippen LogP contribution in [-0.4, -0.2) is 64.3 Å². The minimum atomic E-state index is 0. The lowest BCUT2D eigenvalue weighted by molar-refractivity contribution is 0.109. The number of ether oxygens (including phenoxy) is 1. The molecule has 0 spiro atoms. The van der Waals surface area contributed by atoms with Gasteiger partial charge >= 0.3 is 0 Å². The van der Waals surface area contributed by atoms with Crippen LogP contribution in [0, 0.1) is 5.92 Å². The first-order chi connectivity index (χ1) is 11.6. The maximum Gasteiger partial charge on any atom is 0.191 e. The summed E-state index contributed by atoms with van der Waals surface area (Å²) >= 11 is 0. The van der Waals surface area contributed by atoms with Crippen molar-refractivity contribution in [2.24, 2.45) is 10.9 Å². The van der Waals surface area contributed by atoms with Crippen molar-refractivity contribution in [3.63, 3.8) is 0 Å². The molecule has 0 bridgehead atoms. The summed E-state index contributed by atoms with van der Waals surface area (Å²) in [7, 11) is 4.28. The minimum Gasteiger partial charge on any atom is -0.381 e. The van der Waals surface area contributed by atoms with Gasteiger partial charge in [0.05, 0.1) is 0 Å². The number of halogens is 1. The van der Waals surface area contributed by atoms with Crippen LogP contribution in [0.1, 0.15) is 59.3 Å². The normalized spacial score (nSPS) is 11.7. The second-order valence-corrected chi connectivity index (χ2v) is 7.08. The molecule has 0 aromatic carbocycles. The third kappa shape index (κ3) is 21.9. The Bertz CT molecular complexity index is 299. The molecule has 0 aromatic heterocycles. The Morgan fingerprint density at radius 1 is 1.00 bits per heavy atom. The molecule has 0 radical (unpaired) electrons. The second kappa shape index (κ2) is 20.2. The van der Waals surface area contributed by atoms with E-state index in [0.29, 0.717) is 5.92 Å². The zero-order chi connectivity index (χ0) is 18.0. The molecule has 5 nitrogen and oxygen atoms in total. The van der Waals surface area contributed by atoms with Gasteiger partial charge in [-0.1, -0.05) is 33.1 Å². The number of hydrogen-bond acceptors (Lipinski definition) is 3. The quantitative estimate of drug-likeness (QED) is 0.166. The van der Waals surface area contributed by atoms with Crippen LogP contribution >= 0.6 is 24.0 Å². The first-order valence-electron chi connectivity index (χ1n) is 9.81. The summed E-state index contributed by atoms with van der Waals surface area (Å²) in [4.78, 5) is 6.86. The maximum atomic E-state index is 5.58. The molecule has 152 valence electrons. The predicted octanol–water partition coefficient (Wildman–Crippen LogP) is 3.73. The van der Waals surface area contributed by atoms with E-state index in [9.17, 15) is 0 Å². The summed E-state index contributed by atoms with van der Waals surface area (Å²) in [5, 5.41) is 6.74. The fourth-order valence-electron chi connectivity index (χ4n) is 2.31. The molecule has 6 heteroatoms. The summed E-state index contributed by atoms with van der Waals surface area (Å²) < 4.78 is 5.58. The number of nitrogens with zero attached hydrogens (tertiary/aromatic N) is 2. The third-order valence-electron chi connectivity index (χ3n) is 3.59. The summed E-state index contributed by atoms with van der Waals surface area (Å²) in [6.45, 7) is 12.0. The van der Waals surface area contributed by atoms with Crippen molar-refractivity contribution in [2.45, 2.75) is 59.3 Å². The zero-order valence-corrected chi connectivity index (χ0v) is 19.6. The average Bonchev–Trinajstić information content (AvgIpc) is 2.52. The highest BCUT2D eigenvalue weighted by molar-refractivity contribution is 14.0. The highest BCUT2D eigenvalue weighted by Gasteiger charge is 1.98. The molecule has 25 heavy (non-hydrogen) atoms. The van der Waals surface area contributed by atoms with Crippen LogP contribution < -0.4 is 10.6 Å². The number of guanidine groups is 1. The van der Waals surface area contributed by atoms with Crippen molar-refractivity contribution < 1.29 is 4.74 Å². The van der Waals surface area contributed by atoms with Crippen LogP contribution in [0.4, 0.5) is 0 Å². The standard InChI is InChI=1S/C19H42N4O.HI/c1-6-20-19(22-14-12-16-24-17-18(2)3)21-13-10-8-7-9-11-15-23(4)5;/h18H,6-17H2,1-5H3,(H2,20,21,22);1H. The average molecular weight is 470 g/mol. The van der Waals surface area contributed by atoms with Gasteiger partial charge in [0.25, 0.3) is 0 Å². The topological polar surface area (TPSA) is 48.9 Å². The van der Waals surface area contributed by atoms with E-state index in [2.05, 4.69) is 55.4 Å². The maximum absolute atomic E-state index is 5.58. The van der Waals surface area contributed by atoms with Gasteiger partial charge in [-0.25, -0.2) is 0 Å². The van der Waals surface area contributed by atoms with Crippen molar-refractivity contribution in [3.8, 4) is 0 Å². The summed E-state index contributed by atoms with van der Waals surface area (Å²) in [5.74, 6) is 1.55. The highest BCUT2D eigenvalue weighted by Crippen LogP contribution is 2.02. The Morgan fingerprint density at radius 2 is 1.68 bits per heavy atom. The van der Waals surface area contributed by atoms with Crippen molar-refractivity contribution in [1.29, 1.82) is 0 Å². The SMILES string of the molecule is CCNC(=NCCCOCC(C)C)NCCCCCCCN(C)C.I. The molecule has 0 aromatic rings. The van der Waals surface area contributed by atoms with Crippen LogP contribution in [0.25, 0.3) is 0 Å². The molecule has 0 rings (SSSR count). The number of aliphatic imine (C=N–C) groups is 1. The first kappa shape index (κ1) is 27.1. The molecule has 0 aliphatic rings. The molecule has 2 N–H and O–H groups in total. The van der Waals surface area contributed by atoms with Crippen LogP contribution in [0.2, 0.25) is 0 Å². The van der Waals surface area contributed by atoms with Crippen LogP contribution in [0.5, 0.6) is 0 Å². The Labute approximate surface area is 173 Å². The molecule has 0 heterocycles. The predicted molar refractivity (Wildman–Crippen MR) is 121 cm³/mol. The number of hydrogen-bond donors (Lipinski definition) is 2. The molecule has 0 saturated carbocycles. The monoisotopic (exact) mass is 470 g/mol. The molecule has 0 aliphatic carbocycles. The van der Waals surface area contributed by atoms with Crippen molar-refractivity contribution in [1.82, 2.24) is 15.5 Å². The second-order valence-electron chi connectivity index (χ2n) is 7.08. The van der Waals surface area contributed by atoms with E-state index >= 15 is 0 Å². The molecular weight excluding hydrogens is 427 g/mol. The van der Waals surface area contributed by atoms with Crippen molar-refractivity contribution >= 4 is 29.9 Å². The van der Waals surface area contributed by atoms with Gasteiger partial charge in [0.2, 0.25) is 0 Å². The van der Waals surface area contributed by atoms with Gasteiger partial charge in [-0.15, -0.1) is 24.0 Å². The lowest BCUT2D eigenvalue weighted by Gasteiger charge is -2.12. The van der Waals surface area contributed by atoms with E-state index in [4.69, 9.17) is 4.74 Å². The lowest BCUT2D eigenvalue weighted by Crippen LogP contribution is -2.37. The van der Waals surface area contributed by atoms with Gasteiger partial charge in [0, 0.05) is 32.8 Å². The molecule has 0 unspecified atom stereocenters. The number of rotatable bonds is 15. The fourth-order valence-corrected chi connectivity index (χ4v) is 2.31. The van der Waals surface area contributed by atoms with Crippen LogP contribution in [0.3, 0.4) is 0 Å². The van der Waals surface area contributed by atoms with Crippen molar-refractivity contribution in [2.75, 3.05) is 53.5 Å². The number of nitrogens with one attached hydrogen (secondary N) is 2. The van der Waals surface area contributed by atoms with Gasteiger partial charge in [-0.3, -0.25) is 4.99 Å². The van der Waals surface area contributed by atoms with E-state index in [1.165, 1.54) is 38.6 Å².